The molecule has 2 atom stereocenters. The molecule has 2 aromatic carbocycles. The van der Waals surface area contributed by atoms with Crippen LogP contribution in [0.2, 0.25) is 5.02 Å². The maximum atomic E-state index is 12.8. The monoisotopic (exact) mass is 533 g/mol. The fourth-order valence-electron chi connectivity index (χ4n) is 3.25. The molecule has 0 aliphatic carbocycles. The highest BCUT2D eigenvalue weighted by molar-refractivity contribution is 9.10. The van der Waals surface area contributed by atoms with E-state index in [2.05, 4.69) is 32.6 Å². The summed E-state index contributed by atoms with van der Waals surface area (Å²) in [5, 5.41) is 15.7. The molecule has 32 heavy (non-hydrogen) atoms. The zero-order valence-electron chi connectivity index (χ0n) is 16.7. The van der Waals surface area contributed by atoms with Crippen LogP contribution in [0.5, 0.6) is 0 Å². The first-order chi connectivity index (χ1) is 15.3. The van der Waals surface area contributed by atoms with Crippen LogP contribution in [-0.4, -0.2) is 30.6 Å². The third-order valence-corrected chi connectivity index (χ3v) is 6.52. The highest BCUT2D eigenvalue weighted by Gasteiger charge is 2.44. The van der Waals surface area contributed by atoms with Crippen molar-refractivity contribution in [3.63, 3.8) is 0 Å². The normalized spacial score (nSPS) is 17.9. The summed E-state index contributed by atoms with van der Waals surface area (Å²) in [5.41, 5.74) is 1.25. The van der Waals surface area contributed by atoms with E-state index in [9.17, 15) is 19.6 Å². The molecule has 2 N–H and O–H groups in total. The molecule has 0 spiro atoms. The molecule has 7 nitrogen and oxygen atoms in total. The summed E-state index contributed by atoms with van der Waals surface area (Å²) in [6.07, 6.45) is 0. The van der Waals surface area contributed by atoms with Crippen LogP contribution >= 0.6 is 39.3 Å². The number of amides is 2. The number of hydrogen-bond donors (Lipinski definition) is 2. The first-order valence-electron chi connectivity index (χ1n) is 9.31. The second kappa shape index (κ2) is 10.7. The maximum Gasteiger partial charge on any atom is 0.319 e. The average Bonchev–Trinajstić information content (AvgIpc) is 2.79. The van der Waals surface area contributed by atoms with Gasteiger partial charge in [-0.3, -0.25) is 14.4 Å². The van der Waals surface area contributed by atoms with Crippen LogP contribution in [0.15, 0.2) is 63.6 Å². The summed E-state index contributed by atoms with van der Waals surface area (Å²) in [4.78, 5) is 37.6. The standard InChI is InChI=1S/C22H17BrClN3O4S/c1-31-22(30)19-18(12-5-3-2-4-6-12)14(10-25)21(27-20(19)29)32-11-17(28)26-16-8-7-13(23)9-15(16)24/h2-9,18-19H,11H2,1H3,(H,26,28)(H,27,29)/t18-,19+/m1/s1. The van der Waals surface area contributed by atoms with Crippen molar-refractivity contribution in [2.75, 3.05) is 18.2 Å². The topological polar surface area (TPSA) is 108 Å². The van der Waals surface area contributed by atoms with Gasteiger partial charge in [-0.1, -0.05) is 69.6 Å². The molecule has 3 rings (SSSR count). The minimum atomic E-state index is -1.21. The second-order valence-electron chi connectivity index (χ2n) is 6.69. The minimum absolute atomic E-state index is 0.0857. The molecular formula is C22H17BrClN3O4S. The van der Waals surface area contributed by atoms with E-state index in [1.807, 2.05) is 0 Å². The summed E-state index contributed by atoms with van der Waals surface area (Å²) in [7, 11) is 1.19. The number of nitrogens with zero attached hydrogens (tertiary/aromatic N) is 1. The SMILES string of the molecule is COC(=O)[C@@H]1C(=O)NC(SCC(=O)Nc2ccc(Br)cc2Cl)=C(C#N)[C@H]1c1ccccc1. The summed E-state index contributed by atoms with van der Waals surface area (Å²) < 4.78 is 5.58. The van der Waals surface area contributed by atoms with Crippen molar-refractivity contribution >= 4 is 62.8 Å². The van der Waals surface area contributed by atoms with Gasteiger partial charge >= 0.3 is 5.97 Å². The van der Waals surface area contributed by atoms with E-state index in [0.717, 1.165) is 16.2 Å². The van der Waals surface area contributed by atoms with Gasteiger partial charge in [0.1, 0.15) is 5.92 Å². The molecule has 0 saturated heterocycles. The van der Waals surface area contributed by atoms with Crippen LogP contribution in [-0.2, 0) is 19.1 Å². The van der Waals surface area contributed by atoms with Gasteiger partial charge in [0, 0.05) is 10.4 Å². The Balaban J connectivity index is 1.86. The fourth-order valence-corrected chi connectivity index (χ4v) is 4.82. The number of esters is 1. The molecule has 1 aliphatic rings. The van der Waals surface area contributed by atoms with Gasteiger partial charge in [0.25, 0.3) is 0 Å². The molecule has 10 heteroatoms. The maximum absolute atomic E-state index is 12.8. The number of rotatable bonds is 6. The van der Waals surface area contributed by atoms with E-state index < -0.39 is 23.7 Å². The van der Waals surface area contributed by atoms with Crippen LogP contribution < -0.4 is 10.6 Å². The number of allylic oxidation sites excluding steroid dienone is 1. The highest BCUT2D eigenvalue weighted by atomic mass is 79.9. The minimum Gasteiger partial charge on any atom is -0.468 e. The van der Waals surface area contributed by atoms with Crippen LogP contribution in [0.1, 0.15) is 11.5 Å². The number of nitriles is 1. The van der Waals surface area contributed by atoms with Gasteiger partial charge in [-0.2, -0.15) is 5.26 Å². The molecule has 0 radical (unpaired) electrons. The molecule has 164 valence electrons. The van der Waals surface area contributed by atoms with Gasteiger partial charge in [-0.15, -0.1) is 0 Å². The van der Waals surface area contributed by atoms with Gasteiger partial charge in [-0.25, -0.2) is 0 Å². The van der Waals surface area contributed by atoms with E-state index in [4.69, 9.17) is 16.3 Å². The van der Waals surface area contributed by atoms with Crippen molar-refractivity contribution < 1.29 is 19.1 Å². The number of thioether (sulfide) groups is 1. The quantitative estimate of drug-likeness (QED) is 0.425. The van der Waals surface area contributed by atoms with Crippen molar-refractivity contribution in [3.05, 3.63) is 74.2 Å². The second-order valence-corrected chi connectivity index (χ2v) is 9.00. The molecule has 0 aromatic heterocycles. The smallest absolute Gasteiger partial charge is 0.319 e. The van der Waals surface area contributed by atoms with Crippen molar-refractivity contribution in [3.8, 4) is 6.07 Å². The van der Waals surface area contributed by atoms with Crippen LogP contribution in [0.4, 0.5) is 5.69 Å². The Labute approximate surface area is 202 Å². The Morgan fingerprint density at radius 1 is 1.28 bits per heavy atom. The van der Waals surface area contributed by atoms with Crippen molar-refractivity contribution in [1.82, 2.24) is 5.32 Å². The molecule has 0 fully saturated rings. The number of anilines is 1. The summed E-state index contributed by atoms with van der Waals surface area (Å²) in [6.45, 7) is 0. The Morgan fingerprint density at radius 3 is 2.62 bits per heavy atom. The lowest BCUT2D eigenvalue weighted by atomic mass is 9.78. The largest absolute Gasteiger partial charge is 0.468 e. The lowest BCUT2D eigenvalue weighted by Gasteiger charge is -2.30. The molecule has 2 amide bonds. The van der Waals surface area contributed by atoms with E-state index in [-0.39, 0.29) is 22.3 Å². The van der Waals surface area contributed by atoms with Gasteiger partial charge in [0.2, 0.25) is 11.8 Å². The first kappa shape index (κ1) is 23.9. The summed E-state index contributed by atoms with van der Waals surface area (Å²) in [6, 6.07) is 15.9. The van der Waals surface area contributed by atoms with Gasteiger partial charge in [-0.05, 0) is 23.8 Å². The number of benzene rings is 2. The predicted molar refractivity (Wildman–Crippen MR) is 126 cm³/mol. The zero-order valence-corrected chi connectivity index (χ0v) is 19.9. The molecule has 2 aromatic rings. The number of carbonyl (C=O) groups is 3. The molecule has 1 aliphatic heterocycles. The van der Waals surface area contributed by atoms with Crippen LogP contribution in [0.3, 0.4) is 0 Å². The van der Waals surface area contributed by atoms with Crippen molar-refractivity contribution in [2.45, 2.75) is 5.92 Å². The Hall–Kier alpha value is -2.80. The number of methoxy groups -OCH3 is 1. The number of nitrogens with one attached hydrogen (secondary N) is 2. The number of halogens is 2. The Bertz CT molecular complexity index is 1130. The average molecular weight is 535 g/mol. The summed E-state index contributed by atoms with van der Waals surface area (Å²) in [5.74, 6) is -3.83. The third kappa shape index (κ3) is 5.33. The molecule has 0 saturated carbocycles. The van der Waals surface area contributed by atoms with Crippen molar-refractivity contribution in [2.24, 2.45) is 5.92 Å². The molecule has 0 unspecified atom stereocenters. The Morgan fingerprint density at radius 2 is 2.00 bits per heavy atom. The lowest BCUT2D eigenvalue weighted by molar-refractivity contribution is -0.150. The molecule has 0 bridgehead atoms. The summed E-state index contributed by atoms with van der Waals surface area (Å²) >= 11 is 10.4. The lowest BCUT2D eigenvalue weighted by Crippen LogP contribution is -2.44. The fraction of sp³-hybridized carbons (Fsp3) is 0.182. The van der Waals surface area contributed by atoms with Crippen LogP contribution in [0, 0.1) is 17.2 Å². The predicted octanol–water partition coefficient (Wildman–Crippen LogP) is 4.21. The first-order valence-corrected chi connectivity index (χ1v) is 11.5. The number of ether oxygens (including phenoxy) is 1. The highest BCUT2D eigenvalue weighted by Crippen LogP contribution is 2.40. The van der Waals surface area contributed by atoms with E-state index >= 15 is 0 Å². The van der Waals surface area contributed by atoms with Gasteiger partial charge in [0.15, 0.2) is 0 Å². The van der Waals surface area contributed by atoms with E-state index in [1.54, 1.807) is 48.5 Å². The number of carbonyl (C=O) groups excluding carboxylic acids is 3. The molecule has 1 heterocycles. The van der Waals surface area contributed by atoms with E-state index in [1.165, 1.54) is 7.11 Å². The van der Waals surface area contributed by atoms with E-state index in [0.29, 0.717) is 16.3 Å². The zero-order chi connectivity index (χ0) is 23.3. The van der Waals surface area contributed by atoms with Crippen molar-refractivity contribution in [1.29, 1.82) is 5.26 Å². The Kier molecular flexibility index (Phi) is 7.96. The van der Waals surface area contributed by atoms with Gasteiger partial charge < -0.3 is 15.4 Å². The number of hydrogen-bond acceptors (Lipinski definition) is 6. The third-order valence-electron chi connectivity index (χ3n) is 4.70. The molecular weight excluding hydrogens is 518 g/mol. The van der Waals surface area contributed by atoms with Gasteiger partial charge in [0.05, 0.1) is 40.2 Å². The van der Waals surface area contributed by atoms with Crippen LogP contribution in [0.25, 0.3) is 0 Å².